The number of hydrogen-bond donors (Lipinski definition) is 1. The second-order valence-corrected chi connectivity index (χ2v) is 6.61. The minimum absolute atomic E-state index is 0.247. The summed E-state index contributed by atoms with van der Waals surface area (Å²) in [7, 11) is 1.69. The summed E-state index contributed by atoms with van der Waals surface area (Å²) in [5, 5.41) is 2.85. The van der Waals surface area contributed by atoms with Crippen molar-refractivity contribution >= 4 is 16.5 Å². The molecule has 0 aliphatic carbocycles. The quantitative estimate of drug-likeness (QED) is 0.775. The Balaban J connectivity index is 1.94. The van der Waals surface area contributed by atoms with Crippen LogP contribution >= 0.6 is 11.3 Å². The predicted molar refractivity (Wildman–Crippen MR) is 95.0 cm³/mol. The summed E-state index contributed by atoms with van der Waals surface area (Å²) in [4.78, 5) is 3.30. The molecule has 0 saturated carbocycles. The zero-order valence-electron chi connectivity index (χ0n) is 13.4. The Kier molecular flexibility index (Phi) is 4.63. The maximum atomic E-state index is 5.90. The first-order valence-corrected chi connectivity index (χ1v) is 8.49. The zero-order valence-corrected chi connectivity index (χ0v) is 14.2. The van der Waals surface area contributed by atoms with Crippen molar-refractivity contribution in [3.8, 4) is 5.75 Å². The summed E-state index contributed by atoms with van der Waals surface area (Å²) in [6, 6.07) is 17.0. The number of H-pyrrole nitrogens is 1. The van der Waals surface area contributed by atoms with E-state index < -0.39 is 0 Å². The molecular weight excluding hydrogens is 304 g/mol. The molecule has 3 nitrogen and oxygen atoms in total. The number of aromatic amines is 1. The van der Waals surface area contributed by atoms with E-state index in [-0.39, 0.29) is 5.92 Å². The number of aromatic nitrogens is 1. The number of thiazole rings is 1. The summed E-state index contributed by atoms with van der Waals surface area (Å²) in [6.07, 6.45) is 0.930. The van der Waals surface area contributed by atoms with Gasteiger partial charge in [-0.2, -0.15) is 0 Å². The first-order chi connectivity index (χ1) is 11.2. The molecule has 0 radical (unpaired) electrons. The van der Waals surface area contributed by atoms with Gasteiger partial charge in [-0.3, -0.25) is 5.73 Å². The standard InChI is InChI=1S/C19H20N2OS/c1-13-3-5-14(6-4-13)11-17(18-12-23-19(20)21-18)15-7-9-16(22-2)10-8-15/h3-10,12,17H,11H2,1-2H3,(H2,20,21)/p+1. The van der Waals surface area contributed by atoms with Crippen LogP contribution in [-0.4, -0.2) is 7.11 Å². The molecule has 0 bridgehead atoms. The van der Waals surface area contributed by atoms with Gasteiger partial charge in [0.25, 0.3) is 0 Å². The number of methoxy groups -OCH3 is 1. The van der Waals surface area contributed by atoms with Crippen LogP contribution in [-0.2, 0) is 6.42 Å². The highest BCUT2D eigenvalue weighted by Crippen LogP contribution is 2.29. The number of nitrogen functional groups attached to an aromatic ring is 1. The molecule has 2 aromatic carbocycles. The van der Waals surface area contributed by atoms with Crippen molar-refractivity contribution in [2.75, 3.05) is 12.8 Å². The Morgan fingerprint density at radius 2 is 1.78 bits per heavy atom. The Labute approximate surface area is 140 Å². The van der Waals surface area contributed by atoms with E-state index in [0.29, 0.717) is 0 Å². The van der Waals surface area contributed by atoms with E-state index in [2.05, 4.69) is 53.7 Å². The molecule has 3 aromatic rings. The lowest BCUT2D eigenvalue weighted by molar-refractivity contribution is -0.368. The molecule has 3 N–H and O–H groups in total. The Bertz CT molecular complexity index is 763. The van der Waals surface area contributed by atoms with Crippen LogP contribution in [0.1, 0.15) is 28.3 Å². The molecule has 4 heteroatoms. The maximum absolute atomic E-state index is 5.90. The smallest absolute Gasteiger partial charge is 0.329 e. The second kappa shape index (κ2) is 6.84. The summed E-state index contributed by atoms with van der Waals surface area (Å²) in [5.41, 5.74) is 10.9. The maximum Gasteiger partial charge on any atom is 0.329 e. The van der Waals surface area contributed by atoms with Gasteiger partial charge in [-0.25, -0.2) is 4.98 Å². The Hall–Kier alpha value is -2.33. The predicted octanol–water partition coefficient (Wildman–Crippen LogP) is 3.84. The topological polar surface area (TPSA) is 49.4 Å². The monoisotopic (exact) mass is 325 g/mol. The van der Waals surface area contributed by atoms with E-state index in [1.54, 1.807) is 18.4 Å². The normalized spacial score (nSPS) is 12.1. The molecule has 118 valence electrons. The van der Waals surface area contributed by atoms with Crippen molar-refractivity contribution in [2.24, 2.45) is 0 Å². The van der Waals surface area contributed by atoms with E-state index in [1.165, 1.54) is 16.7 Å². The number of aryl methyl sites for hydroxylation is 1. The van der Waals surface area contributed by atoms with Gasteiger partial charge in [0, 0.05) is 5.38 Å². The van der Waals surface area contributed by atoms with Crippen LogP contribution in [0.25, 0.3) is 0 Å². The van der Waals surface area contributed by atoms with Gasteiger partial charge in [0.15, 0.2) is 0 Å². The van der Waals surface area contributed by atoms with Crippen LogP contribution in [0.2, 0.25) is 0 Å². The minimum Gasteiger partial charge on any atom is -0.497 e. The molecule has 0 spiro atoms. The molecular formula is C19H21N2OS+. The van der Waals surface area contributed by atoms with Crippen LogP contribution < -0.4 is 15.5 Å². The first kappa shape index (κ1) is 15.6. The van der Waals surface area contributed by atoms with Crippen molar-refractivity contribution in [1.29, 1.82) is 0 Å². The van der Waals surface area contributed by atoms with Gasteiger partial charge in [0.05, 0.1) is 13.0 Å². The average Bonchev–Trinajstić information content (AvgIpc) is 3.01. The van der Waals surface area contributed by atoms with E-state index in [0.717, 1.165) is 23.0 Å². The summed E-state index contributed by atoms with van der Waals surface area (Å²) < 4.78 is 5.26. The van der Waals surface area contributed by atoms with Crippen molar-refractivity contribution in [2.45, 2.75) is 19.3 Å². The Morgan fingerprint density at radius 3 is 2.35 bits per heavy atom. The van der Waals surface area contributed by atoms with E-state index >= 15 is 0 Å². The summed E-state index contributed by atoms with van der Waals surface area (Å²) in [5.74, 6) is 1.12. The summed E-state index contributed by atoms with van der Waals surface area (Å²) >= 11 is 1.55. The van der Waals surface area contributed by atoms with Crippen molar-refractivity contribution in [3.63, 3.8) is 0 Å². The third kappa shape index (κ3) is 3.71. The number of anilines is 1. The fraction of sp³-hybridized carbons (Fsp3) is 0.211. The summed E-state index contributed by atoms with van der Waals surface area (Å²) in [6.45, 7) is 2.11. The Morgan fingerprint density at radius 1 is 1.09 bits per heavy atom. The van der Waals surface area contributed by atoms with Crippen LogP contribution in [0.4, 0.5) is 5.13 Å². The first-order valence-electron chi connectivity index (χ1n) is 7.61. The van der Waals surface area contributed by atoms with Crippen molar-refractivity contribution in [1.82, 2.24) is 0 Å². The van der Waals surface area contributed by atoms with Gasteiger partial charge in [-0.15, -0.1) is 0 Å². The highest BCUT2D eigenvalue weighted by atomic mass is 32.1. The minimum atomic E-state index is 0.247. The molecule has 1 atom stereocenters. The molecule has 1 unspecified atom stereocenters. The SMILES string of the molecule is COc1ccc(C(Cc2ccc(C)cc2)c2csc(N)[nH+]2)cc1. The van der Waals surface area contributed by atoms with Gasteiger partial charge < -0.3 is 4.74 Å². The lowest BCUT2D eigenvalue weighted by Crippen LogP contribution is -2.17. The van der Waals surface area contributed by atoms with Gasteiger partial charge >= 0.3 is 5.13 Å². The third-order valence-electron chi connectivity index (χ3n) is 4.03. The highest BCUT2D eigenvalue weighted by molar-refractivity contribution is 7.13. The zero-order chi connectivity index (χ0) is 16.2. The van der Waals surface area contributed by atoms with E-state index in [9.17, 15) is 0 Å². The second-order valence-electron chi connectivity index (χ2n) is 5.70. The fourth-order valence-electron chi connectivity index (χ4n) is 2.70. The lowest BCUT2D eigenvalue weighted by Gasteiger charge is -2.15. The van der Waals surface area contributed by atoms with Crippen molar-refractivity contribution < 1.29 is 9.72 Å². The van der Waals surface area contributed by atoms with Crippen LogP contribution in [0, 0.1) is 6.92 Å². The number of nitrogens with one attached hydrogen (secondary N) is 1. The van der Waals surface area contributed by atoms with Gasteiger partial charge in [-0.05, 0) is 36.6 Å². The van der Waals surface area contributed by atoms with Crippen LogP contribution in [0.5, 0.6) is 5.75 Å². The number of nitrogens with two attached hydrogens (primary N) is 1. The van der Waals surface area contributed by atoms with Gasteiger partial charge in [0.1, 0.15) is 11.4 Å². The van der Waals surface area contributed by atoms with Crippen molar-refractivity contribution in [3.05, 3.63) is 76.3 Å². The van der Waals surface area contributed by atoms with Crippen LogP contribution in [0.15, 0.2) is 53.9 Å². The molecule has 1 heterocycles. The lowest BCUT2D eigenvalue weighted by atomic mass is 9.89. The molecule has 0 amide bonds. The number of benzene rings is 2. The average molecular weight is 325 g/mol. The third-order valence-corrected chi connectivity index (χ3v) is 4.76. The molecule has 0 aliphatic rings. The molecule has 0 aliphatic heterocycles. The van der Waals surface area contributed by atoms with E-state index in [4.69, 9.17) is 10.5 Å². The number of rotatable bonds is 5. The molecule has 3 rings (SSSR count). The highest BCUT2D eigenvalue weighted by Gasteiger charge is 2.20. The number of ether oxygens (including phenoxy) is 1. The van der Waals surface area contributed by atoms with Crippen LogP contribution in [0.3, 0.4) is 0 Å². The van der Waals surface area contributed by atoms with Gasteiger partial charge in [0.2, 0.25) is 0 Å². The molecule has 23 heavy (non-hydrogen) atoms. The number of hydrogen-bond acceptors (Lipinski definition) is 3. The molecule has 0 saturated heterocycles. The van der Waals surface area contributed by atoms with E-state index in [1.807, 2.05) is 12.1 Å². The largest absolute Gasteiger partial charge is 0.497 e. The van der Waals surface area contributed by atoms with Gasteiger partial charge in [-0.1, -0.05) is 53.3 Å². The molecule has 1 aromatic heterocycles. The fourth-order valence-corrected chi connectivity index (χ4v) is 3.35. The molecule has 0 fully saturated rings.